The molecule has 1 N–H and O–H groups in total. The molecule has 0 bridgehead atoms. The number of carbonyl (C=O) groups excluding carboxylic acids is 1. The van der Waals surface area contributed by atoms with E-state index < -0.39 is 0 Å². The largest absolute Gasteiger partial charge is 0.504 e. The number of amides is 1. The average Bonchev–Trinajstić information content (AvgIpc) is 3.10. The number of rotatable bonds is 2. The predicted octanol–water partition coefficient (Wildman–Crippen LogP) is 2.47. The third-order valence-corrected chi connectivity index (χ3v) is 4.53. The average molecular weight is 304 g/mol. The molecule has 2 aliphatic heterocycles. The van der Waals surface area contributed by atoms with Crippen molar-refractivity contribution in [3.8, 4) is 11.5 Å². The third-order valence-electron chi connectivity index (χ3n) is 3.49. The number of ether oxygens (including phenoxy) is 1. The molecular formula is C15H16N2O3S. The minimum absolute atomic E-state index is 0.0583. The predicted molar refractivity (Wildman–Crippen MR) is 83.5 cm³/mol. The molecule has 0 saturated carbocycles. The van der Waals surface area contributed by atoms with Crippen LogP contribution in [0.1, 0.15) is 18.4 Å². The number of phenols is 1. The smallest absolute Gasteiger partial charge is 0.286 e. The first-order chi connectivity index (χ1) is 10.2. The summed E-state index contributed by atoms with van der Waals surface area (Å²) in [7, 11) is 1.50. The molecule has 0 aliphatic carbocycles. The number of phenolic OH excluding ortho intramolecular Hbond substituents is 1. The quantitative estimate of drug-likeness (QED) is 0.850. The van der Waals surface area contributed by atoms with Crippen LogP contribution in [-0.4, -0.2) is 41.3 Å². The Hall–Kier alpha value is -1.95. The van der Waals surface area contributed by atoms with Crippen LogP contribution in [0, 0.1) is 0 Å². The van der Waals surface area contributed by atoms with Crippen LogP contribution in [0.15, 0.2) is 28.1 Å². The summed E-state index contributed by atoms with van der Waals surface area (Å²) in [6.45, 7) is 1.94. The SMILES string of the molecule is COc1ccc(/C=C2\SC(N3CCCC3)=NC2=O)cc1O. The number of thioether (sulfide) groups is 1. The van der Waals surface area contributed by atoms with Gasteiger partial charge in [-0.3, -0.25) is 4.79 Å². The molecular weight excluding hydrogens is 288 g/mol. The van der Waals surface area contributed by atoms with Crippen LogP contribution in [0.3, 0.4) is 0 Å². The van der Waals surface area contributed by atoms with E-state index in [1.807, 2.05) is 0 Å². The molecule has 0 aromatic heterocycles. The fraction of sp³-hybridized carbons (Fsp3) is 0.333. The zero-order chi connectivity index (χ0) is 14.8. The van der Waals surface area contributed by atoms with Crippen LogP contribution in [0.5, 0.6) is 11.5 Å². The van der Waals surface area contributed by atoms with Gasteiger partial charge in [-0.15, -0.1) is 0 Å². The molecule has 0 radical (unpaired) electrons. The highest BCUT2D eigenvalue weighted by atomic mass is 32.2. The lowest BCUT2D eigenvalue weighted by Gasteiger charge is -2.14. The number of hydrogen-bond donors (Lipinski definition) is 1. The Morgan fingerprint density at radius 3 is 2.81 bits per heavy atom. The van der Waals surface area contributed by atoms with Crippen molar-refractivity contribution < 1.29 is 14.6 Å². The lowest BCUT2D eigenvalue weighted by atomic mass is 10.2. The Morgan fingerprint density at radius 1 is 1.38 bits per heavy atom. The number of aromatic hydroxyl groups is 1. The van der Waals surface area contributed by atoms with Crippen LogP contribution in [-0.2, 0) is 4.79 Å². The first-order valence-electron chi connectivity index (χ1n) is 6.82. The Bertz CT molecular complexity index is 634. The lowest BCUT2D eigenvalue weighted by molar-refractivity contribution is -0.113. The molecule has 1 amide bonds. The minimum Gasteiger partial charge on any atom is -0.504 e. The van der Waals surface area contributed by atoms with E-state index in [4.69, 9.17) is 4.74 Å². The second-order valence-electron chi connectivity index (χ2n) is 4.94. The Labute approximate surface area is 127 Å². The minimum atomic E-state index is -0.211. The molecule has 6 heteroatoms. The van der Waals surface area contributed by atoms with Gasteiger partial charge in [-0.05, 0) is 48.4 Å². The van der Waals surface area contributed by atoms with E-state index in [0.717, 1.165) is 36.7 Å². The van der Waals surface area contributed by atoms with Gasteiger partial charge in [0.05, 0.1) is 12.0 Å². The first kappa shape index (κ1) is 14.0. The Balaban J connectivity index is 1.78. The summed E-state index contributed by atoms with van der Waals surface area (Å²) in [6, 6.07) is 5.05. The van der Waals surface area contributed by atoms with Crippen molar-refractivity contribution in [3.05, 3.63) is 28.7 Å². The fourth-order valence-corrected chi connectivity index (χ4v) is 3.35. The van der Waals surface area contributed by atoms with E-state index in [-0.39, 0.29) is 11.7 Å². The summed E-state index contributed by atoms with van der Waals surface area (Å²) >= 11 is 1.40. The summed E-state index contributed by atoms with van der Waals surface area (Å²) in [5.41, 5.74) is 0.752. The maximum atomic E-state index is 12.0. The molecule has 2 aliphatic rings. The molecule has 1 fully saturated rings. The first-order valence-corrected chi connectivity index (χ1v) is 7.63. The summed E-state index contributed by atoms with van der Waals surface area (Å²) < 4.78 is 5.00. The van der Waals surface area contributed by atoms with Crippen molar-refractivity contribution in [2.45, 2.75) is 12.8 Å². The zero-order valence-corrected chi connectivity index (χ0v) is 12.5. The third kappa shape index (κ3) is 2.90. The van der Waals surface area contributed by atoms with Gasteiger partial charge in [0, 0.05) is 13.1 Å². The number of carbonyl (C=O) groups is 1. The lowest BCUT2D eigenvalue weighted by Crippen LogP contribution is -2.23. The molecule has 0 unspecified atom stereocenters. The van der Waals surface area contributed by atoms with Gasteiger partial charge in [0.1, 0.15) is 0 Å². The van der Waals surface area contributed by atoms with Gasteiger partial charge in [0.25, 0.3) is 5.91 Å². The standard InChI is InChI=1S/C15H16N2O3S/c1-20-12-5-4-10(8-11(12)18)9-13-14(19)16-15(21-13)17-6-2-3-7-17/h4-5,8-9,18H,2-3,6-7H2,1H3/b13-9-. The van der Waals surface area contributed by atoms with Crippen LogP contribution in [0.4, 0.5) is 0 Å². The maximum Gasteiger partial charge on any atom is 0.286 e. The summed E-state index contributed by atoms with van der Waals surface area (Å²) in [6.07, 6.45) is 4.05. The number of aliphatic imine (C=N–C) groups is 1. The summed E-state index contributed by atoms with van der Waals surface area (Å²) in [5, 5.41) is 10.6. The van der Waals surface area contributed by atoms with E-state index in [1.54, 1.807) is 24.3 Å². The van der Waals surface area contributed by atoms with Gasteiger partial charge in [-0.25, -0.2) is 0 Å². The number of methoxy groups -OCH3 is 1. The van der Waals surface area contributed by atoms with Crippen molar-refractivity contribution in [2.75, 3.05) is 20.2 Å². The van der Waals surface area contributed by atoms with E-state index >= 15 is 0 Å². The maximum absolute atomic E-state index is 12.0. The number of benzene rings is 1. The van der Waals surface area contributed by atoms with Crippen molar-refractivity contribution >= 4 is 28.9 Å². The molecule has 0 atom stereocenters. The van der Waals surface area contributed by atoms with Crippen molar-refractivity contribution in [3.63, 3.8) is 0 Å². The second-order valence-corrected chi connectivity index (χ2v) is 5.94. The zero-order valence-electron chi connectivity index (χ0n) is 11.7. The number of amidine groups is 1. The highest BCUT2D eigenvalue weighted by molar-refractivity contribution is 8.18. The van der Waals surface area contributed by atoms with Crippen LogP contribution < -0.4 is 4.74 Å². The molecule has 110 valence electrons. The number of likely N-dealkylation sites (tertiary alicyclic amines) is 1. The molecule has 5 nitrogen and oxygen atoms in total. The highest BCUT2D eigenvalue weighted by Crippen LogP contribution is 2.33. The van der Waals surface area contributed by atoms with Gasteiger partial charge in [0.2, 0.25) is 0 Å². The van der Waals surface area contributed by atoms with Gasteiger partial charge in [-0.2, -0.15) is 4.99 Å². The number of nitrogens with zero attached hydrogens (tertiary/aromatic N) is 2. The monoisotopic (exact) mass is 304 g/mol. The molecule has 1 aromatic carbocycles. The molecule has 1 aromatic rings. The molecule has 0 spiro atoms. The highest BCUT2D eigenvalue weighted by Gasteiger charge is 2.27. The van der Waals surface area contributed by atoms with Crippen molar-refractivity contribution in [1.82, 2.24) is 4.90 Å². The Kier molecular flexibility index (Phi) is 3.88. The molecule has 3 rings (SSSR count). The fourth-order valence-electron chi connectivity index (χ4n) is 2.39. The van der Waals surface area contributed by atoms with E-state index in [0.29, 0.717) is 10.7 Å². The van der Waals surface area contributed by atoms with Gasteiger partial charge >= 0.3 is 0 Å². The molecule has 1 saturated heterocycles. The van der Waals surface area contributed by atoms with Gasteiger partial charge in [-0.1, -0.05) is 6.07 Å². The van der Waals surface area contributed by atoms with Crippen molar-refractivity contribution in [2.24, 2.45) is 4.99 Å². The summed E-state index contributed by atoms with van der Waals surface area (Å²) in [5.74, 6) is 0.261. The van der Waals surface area contributed by atoms with Gasteiger partial charge in [0.15, 0.2) is 16.7 Å². The van der Waals surface area contributed by atoms with Crippen LogP contribution >= 0.6 is 11.8 Å². The molecule has 21 heavy (non-hydrogen) atoms. The van der Waals surface area contributed by atoms with E-state index in [2.05, 4.69) is 9.89 Å². The van der Waals surface area contributed by atoms with Crippen LogP contribution in [0.2, 0.25) is 0 Å². The van der Waals surface area contributed by atoms with E-state index in [9.17, 15) is 9.90 Å². The summed E-state index contributed by atoms with van der Waals surface area (Å²) in [4.78, 5) is 18.8. The number of hydrogen-bond acceptors (Lipinski definition) is 5. The Morgan fingerprint density at radius 2 is 2.14 bits per heavy atom. The normalized spacial score (nSPS) is 20.2. The second kappa shape index (κ2) is 5.81. The van der Waals surface area contributed by atoms with Crippen LogP contribution in [0.25, 0.3) is 6.08 Å². The topological polar surface area (TPSA) is 62.1 Å². The molecule has 2 heterocycles. The van der Waals surface area contributed by atoms with Crippen molar-refractivity contribution in [1.29, 1.82) is 0 Å². The van der Waals surface area contributed by atoms with Gasteiger partial charge < -0.3 is 14.7 Å². The van der Waals surface area contributed by atoms with E-state index in [1.165, 1.54) is 18.9 Å².